The van der Waals surface area contributed by atoms with Crippen molar-refractivity contribution in [3.8, 4) is 34.1 Å². The Hall–Kier alpha value is -3.80. The summed E-state index contributed by atoms with van der Waals surface area (Å²) in [5.41, 5.74) is 2.19. The number of rotatable bonds is 9. The highest BCUT2D eigenvalue weighted by Crippen LogP contribution is 2.46. The van der Waals surface area contributed by atoms with Gasteiger partial charge < -0.3 is 24.3 Å². The van der Waals surface area contributed by atoms with Crippen LogP contribution in [0, 0.1) is 0 Å². The molecule has 0 saturated heterocycles. The number of halogens is 1. The molecule has 0 aliphatic rings. The number of methoxy groups -OCH3 is 4. The zero-order valence-corrected chi connectivity index (χ0v) is 25.3. The summed E-state index contributed by atoms with van der Waals surface area (Å²) in [5.74, 6) is 1.21. The Morgan fingerprint density at radius 1 is 0.800 bits per heavy atom. The molecular formula is C29H29BrN2O7S. The first-order valence-electron chi connectivity index (χ1n) is 12.0. The predicted octanol–water partition coefficient (Wildman–Crippen LogP) is 5.81. The minimum absolute atomic E-state index is 0.165. The maximum Gasteiger partial charge on any atom is 0.260 e. The first-order valence-corrected chi connectivity index (χ1v) is 14.2. The molecule has 0 heterocycles. The van der Waals surface area contributed by atoms with Gasteiger partial charge in [0, 0.05) is 35.2 Å². The van der Waals surface area contributed by atoms with Crippen molar-refractivity contribution in [2.45, 2.75) is 4.90 Å². The van der Waals surface area contributed by atoms with Crippen LogP contribution in [0.1, 0.15) is 10.4 Å². The van der Waals surface area contributed by atoms with Crippen molar-refractivity contribution < 1.29 is 32.2 Å². The van der Waals surface area contributed by atoms with Crippen LogP contribution in [0.4, 0.5) is 5.69 Å². The minimum Gasteiger partial charge on any atom is -0.493 e. The summed E-state index contributed by atoms with van der Waals surface area (Å²) in [5, 5.41) is 4.44. The number of hydrogen-bond donors (Lipinski definition) is 1. The number of carbonyl (C=O) groups is 1. The molecule has 11 heteroatoms. The van der Waals surface area contributed by atoms with Gasteiger partial charge in [-0.2, -0.15) is 0 Å². The van der Waals surface area contributed by atoms with Gasteiger partial charge in [-0.3, -0.25) is 4.79 Å². The molecule has 4 aromatic carbocycles. The van der Waals surface area contributed by atoms with Crippen molar-refractivity contribution in [1.82, 2.24) is 4.31 Å². The molecular weight excluding hydrogens is 600 g/mol. The minimum atomic E-state index is -3.60. The fourth-order valence-electron chi connectivity index (χ4n) is 4.43. The van der Waals surface area contributed by atoms with Crippen molar-refractivity contribution in [3.63, 3.8) is 0 Å². The Kier molecular flexibility index (Phi) is 8.57. The van der Waals surface area contributed by atoms with Crippen LogP contribution < -0.4 is 24.3 Å². The first kappa shape index (κ1) is 29.2. The number of hydrogen-bond acceptors (Lipinski definition) is 7. The molecule has 1 N–H and O–H groups in total. The van der Waals surface area contributed by atoms with Crippen molar-refractivity contribution >= 4 is 48.3 Å². The van der Waals surface area contributed by atoms with E-state index in [1.165, 1.54) is 42.5 Å². The lowest BCUT2D eigenvalue weighted by Crippen LogP contribution is -2.22. The van der Waals surface area contributed by atoms with Crippen LogP contribution in [-0.2, 0) is 10.0 Å². The van der Waals surface area contributed by atoms with Crippen molar-refractivity contribution in [3.05, 3.63) is 70.7 Å². The van der Waals surface area contributed by atoms with Crippen LogP contribution in [0.25, 0.3) is 21.9 Å². The van der Waals surface area contributed by atoms with Gasteiger partial charge in [-0.15, -0.1) is 0 Å². The Balaban J connectivity index is 1.89. The predicted molar refractivity (Wildman–Crippen MR) is 159 cm³/mol. The third-order valence-corrected chi connectivity index (χ3v) is 8.91. The highest BCUT2D eigenvalue weighted by Gasteiger charge is 2.24. The largest absolute Gasteiger partial charge is 0.493 e. The van der Waals surface area contributed by atoms with Crippen LogP contribution in [0.15, 0.2) is 70.0 Å². The molecule has 9 nitrogen and oxygen atoms in total. The molecule has 1 amide bonds. The summed E-state index contributed by atoms with van der Waals surface area (Å²) in [7, 11) is 5.40. The molecule has 0 atom stereocenters. The first-order chi connectivity index (χ1) is 19.1. The second-order valence-corrected chi connectivity index (χ2v) is 11.8. The summed E-state index contributed by atoms with van der Waals surface area (Å²) < 4.78 is 49.2. The molecule has 0 fully saturated rings. The monoisotopic (exact) mass is 628 g/mol. The van der Waals surface area contributed by atoms with Gasteiger partial charge in [0.1, 0.15) is 0 Å². The van der Waals surface area contributed by atoms with E-state index >= 15 is 0 Å². The van der Waals surface area contributed by atoms with E-state index in [9.17, 15) is 13.2 Å². The van der Waals surface area contributed by atoms with Gasteiger partial charge in [-0.05, 0) is 63.3 Å². The number of benzene rings is 4. The zero-order valence-electron chi connectivity index (χ0n) is 22.9. The Labute approximate surface area is 241 Å². The molecule has 4 aromatic rings. The van der Waals surface area contributed by atoms with Crippen LogP contribution in [0.3, 0.4) is 0 Å². The van der Waals surface area contributed by atoms with E-state index in [1.54, 1.807) is 48.5 Å². The highest BCUT2D eigenvalue weighted by molar-refractivity contribution is 9.10. The molecule has 0 aliphatic heterocycles. The summed E-state index contributed by atoms with van der Waals surface area (Å²) >= 11 is 3.45. The number of sulfonamides is 1. The quantitative estimate of drug-likeness (QED) is 0.250. The highest BCUT2D eigenvalue weighted by atomic mass is 79.9. The Morgan fingerprint density at radius 2 is 1.45 bits per heavy atom. The van der Waals surface area contributed by atoms with Crippen LogP contribution in [0.5, 0.6) is 23.0 Å². The van der Waals surface area contributed by atoms with E-state index in [4.69, 9.17) is 18.9 Å². The van der Waals surface area contributed by atoms with Gasteiger partial charge in [-0.25, -0.2) is 12.7 Å². The molecule has 210 valence electrons. The van der Waals surface area contributed by atoms with Gasteiger partial charge in [0.2, 0.25) is 10.0 Å². The maximum absolute atomic E-state index is 13.6. The summed E-state index contributed by atoms with van der Waals surface area (Å²) in [6.07, 6.45) is 0. The third kappa shape index (κ3) is 5.19. The van der Waals surface area contributed by atoms with Gasteiger partial charge in [-0.1, -0.05) is 24.3 Å². The molecule has 4 rings (SSSR count). The van der Waals surface area contributed by atoms with Gasteiger partial charge >= 0.3 is 0 Å². The summed E-state index contributed by atoms with van der Waals surface area (Å²) in [6, 6.07) is 17.2. The van der Waals surface area contributed by atoms with Gasteiger partial charge in [0.25, 0.3) is 5.91 Å². The number of nitrogens with zero attached hydrogens (tertiary/aromatic N) is 1. The van der Waals surface area contributed by atoms with Crippen LogP contribution >= 0.6 is 15.9 Å². The second-order valence-electron chi connectivity index (χ2n) is 8.81. The number of amides is 1. The van der Waals surface area contributed by atoms with E-state index < -0.39 is 15.9 Å². The van der Waals surface area contributed by atoms with Crippen LogP contribution in [-0.4, -0.2) is 61.2 Å². The normalized spacial score (nSPS) is 11.4. The maximum atomic E-state index is 13.6. The Bertz CT molecular complexity index is 1690. The van der Waals surface area contributed by atoms with E-state index in [0.29, 0.717) is 49.7 Å². The average molecular weight is 630 g/mol. The standard InChI is InChI=1S/C29H29BrN2O7S/c1-32(2)40(34,35)18-12-10-17(11-13-18)25-19-8-7-9-22(20(19)16-24(37-4)28(25)39-6)31-29(33)26-21(30)14-15-23(36-3)27(26)38-5/h7-16H,1-6H3,(H,31,33). The molecule has 0 aromatic heterocycles. The molecule has 40 heavy (non-hydrogen) atoms. The molecule has 0 aliphatic carbocycles. The lowest BCUT2D eigenvalue weighted by Gasteiger charge is -2.19. The number of nitrogens with one attached hydrogen (secondary N) is 1. The van der Waals surface area contributed by atoms with E-state index in [1.807, 2.05) is 12.1 Å². The summed E-state index contributed by atoms with van der Waals surface area (Å²) in [6.45, 7) is 0. The van der Waals surface area contributed by atoms with Gasteiger partial charge in [0.05, 0.1) is 38.9 Å². The summed E-state index contributed by atoms with van der Waals surface area (Å²) in [4.78, 5) is 13.7. The van der Waals surface area contributed by atoms with E-state index in [-0.39, 0.29) is 10.5 Å². The number of anilines is 1. The SMILES string of the molecule is COc1ccc(Br)c(C(=O)Nc2cccc3c(-c4ccc(S(=O)(=O)N(C)C)cc4)c(OC)c(OC)cc23)c1OC. The zero-order chi connectivity index (χ0) is 29.2. The molecule has 0 radical (unpaired) electrons. The van der Waals surface area contributed by atoms with E-state index in [0.717, 1.165) is 9.69 Å². The molecule has 0 spiro atoms. The molecule has 0 bridgehead atoms. The van der Waals surface area contributed by atoms with Crippen molar-refractivity contribution in [2.75, 3.05) is 47.9 Å². The topological polar surface area (TPSA) is 103 Å². The average Bonchev–Trinajstić information content (AvgIpc) is 2.95. The second kappa shape index (κ2) is 11.7. The molecule has 0 unspecified atom stereocenters. The van der Waals surface area contributed by atoms with Crippen molar-refractivity contribution in [2.24, 2.45) is 0 Å². The lowest BCUT2D eigenvalue weighted by atomic mass is 9.95. The van der Waals surface area contributed by atoms with Gasteiger partial charge in [0.15, 0.2) is 23.0 Å². The number of carbonyl (C=O) groups excluding carboxylic acids is 1. The fraction of sp³-hybridized carbons (Fsp3) is 0.207. The number of fused-ring (bicyclic) bond motifs is 1. The third-order valence-electron chi connectivity index (χ3n) is 6.42. The molecule has 0 saturated carbocycles. The smallest absolute Gasteiger partial charge is 0.260 e. The number of ether oxygens (including phenoxy) is 4. The van der Waals surface area contributed by atoms with E-state index in [2.05, 4.69) is 21.2 Å². The van der Waals surface area contributed by atoms with Crippen molar-refractivity contribution in [1.29, 1.82) is 0 Å². The Morgan fingerprint density at radius 3 is 2.02 bits per heavy atom. The van der Waals surface area contributed by atoms with Crippen LogP contribution in [0.2, 0.25) is 0 Å². The fourth-order valence-corrected chi connectivity index (χ4v) is 5.83. The lowest BCUT2D eigenvalue weighted by molar-refractivity contribution is 0.102.